The minimum atomic E-state index is -4.67. The average molecular weight is 548 g/mol. The van der Waals surface area contributed by atoms with Gasteiger partial charge in [0.1, 0.15) is 0 Å². The molecule has 41 heavy (non-hydrogen) atoms. The Hall–Kier alpha value is -5.31. The van der Waals surface area contributed by atoms with Gasteiger partial charge in [-0.3, -0.25) is 19.3 Å². The summed E-state index contributed by atoms with van der Waals surface area (Å²) in [6.45, 7) is 1.70. The van der Waals surface area contributed by atoms with Gasteiger partial charge >= 0.3 is 6.18 Å². The van der Waals surface area contributed by atoms with E-state index in [0.717, 1.165) is 28.1 Å². The molecule has 0 bridgehead atoms. The number of fused-ring (bicyclic) bond motifs is 4. The van der Waals surface area contributed by atoms with Gasteiger partial charge in [-0.15, -0.1) is 0 Å². The maximum absolute atomic E-state index is 14.3. The highest BCUT2D eigenvalue weighted by atomic mass is 19.4. The lowest BCUT2D eigenvalue weighted by Gasteiger charge is -2.18. The van der Waals surface area contributed by atoms with Gasteiger partial charge in [-0.25, -0.2) is 4.98 Å². The van der Waals surface area contributed by atoms with Gasteiger partial charge < -0.3 is 4.57 Å². The maximum Gasteiger partial charge on any atom is 0.418 e. The van der Waals surface area contributed by atoms with Crippen LogP contribution in [-0.2, 0) is 6.18 Å². The largest absolute Gasteiger partial charge is 0.418 e. The average Bonchev–Trinajstić information content (AvgIpc) is 3.41. The van der Waals surface area contributed by atoms with Gasteiger partial charge in [0.25, 0.3) is 5.56 Å². The first-order valence-electron chi connectivity index (χ1n) is 12.8. The van der Waals surface area contributed by atoms with Crippen LogP contribution in [0.25, 0.3) is 55.2 Å². The summed E-state index contributed by atoms with van der Waals surface area (Å²) >= 11 is 0. The van der Waals surface area contributed by atoms with E-state index in [-0.39, 0.29) is 11.4 Å². The summed E-state index contributed by atoms with van der Waals surface area (Å²) in [6, 6.07) is 22.3. The lowest BCUT2D eigenvalue weighted by atomic mass is 10.0. The molecule has 0 amide bonds. The molecule has 0 spiro atoms. The van der Waals surface area contributed by atoms with Crippen molar-refractivity contribution in [3.8, 4) is 22.5 Å². The lowest BCUT2D eigenvalue weighted by Crippen LogP contribution is -2.19. The quantitative estimate of drug-likeness (QED) is 0.218. The first kappa shape index (κ1) is 24.7. The molecule has 3 aromatic carbocycles. The predicted octanol–water partition coefficient (Wildman–Crippen LogP) is 7.27. The number of alkyl halides is 3. The third kappa shape index (κ3) is 4.22. The zero-order valence-corrected chi connectivity index (χ0v) is 21.6. The first-order chi connectivity index (χ1) is 19.8. The fourth-order valence-corrected chi connectivity index (χ4v) is 5.24. The molecule has 9 heteroatoms. The van der Waals surface area contributed by atoms with Crippen molar-refractivity contribution in [1.82, 2.24) is 24.1 Å². The SMILES string of the molecule is Cc1cn(-c2ccc(-n3c(=O)ccc4cnc5ccc(-c6cnc7ccccc7c6)cc5c43)cc2C(F)(F)F)cn1. The number of para-hydroxylation sites is 1. The van der Waals surface area contributed by atoms with Crippen molar-refractivity contribution < 1.29 is 13.2 Å². The first-order valence-corrected chi connectivity index (χ1v) is 12.8. The minimum absolute atomic E-state index is 0.0762. The van der Waals surface area contributed by atoms with Crippen LogP contribution in [0.3, 0.4) is 0 Å². The van der Waals surface area contributed by atoms with Crippen molar-refractivity contribution in [3.05, 3.63) is 125 Å². The monoisotopic (exact) mass is 547 g/mol. The molecule has 0 fully saturated rings. The molecule has 6 nitrogen and oxygen atoms in total. The molecule has 0 unspecified atom stereocenters. The van der Waals surface area contributed by atoms with Crippen molar-refractivity contribution in [2.24, 2.45) is 0 Å². The number of hydrogen-bond donors (Lipinski definition) is 0. The Bertz CT molecular complexity index is 2200. The molecule has 0 aliphatic heterocycles. The number of halogens is 3. The number of rotatable bonds is 3. The highest BCUT2D eigenvalue weighted by molar-refractivity contribution is 6.05. The van der Waals surface area contributed by atoms with Crippen molar-refractivity contribution >= 4 is 32.7 Å². The van der Waals surface area contributed by atoms with Crippen LogP contribution in [0, 0.1) is 6.92 Å². The van der Waals surface area contributed by atoms with Crippen LogP contribution in [0.1, 0.15) is 11.3 Å². The van der Waals surface area contributed by atoms with E-state index in [1.54, 1.807) is 25.4 Å². The van der Waals surface area contributed by atoms with Gasteiger partial charge in [0.05, 0.1) is 45.5 Å². The van der Waals surface area contributed by atoms with Crippen LogP contribution in [-0.4, -0.2) is 24.1 Å². The predicted molar refractivity (Wildman–Crippen MR) is 152 cm³/mol. The molecule has 0 saturated carbocycles. The molecule has 0 N–H and O–H groups in total. The van der Waals surface area contributed by atoms with Gasteiger partial charge in [-0.2, -0.15) is 13.2 Å². The molecule has 200 valence electrons. The molecule has 0 atom stereocenters. The molecule has 0 saturated heterocycles. The molecule has 7 aromatic rings. The van der Waals surface area contributed by atoms with E-state index in [1.807, 2.05) is 48.5 Å². The third-order valence-corrected chi connectivity index (χ3v) is 7.17. The fraction of sp³-hybridized carbons (Fsp3) is 0.0625. The molecule has 7 rings (SSSR count). The molecular formula is C32H20F3N5O. The number of imidazole rings is 1. The van der Waals surface area contributed by atoms with Crippen LogP contribution in [0.15, 0.2) is 109 Å². The Morgan fingerprint density at radius 1 is 0.756 bits per heavy atom. The molecular weight excluding hydrogens is 527 g/mol. The van der Waals surface area contributed by atoms with E-state index in [0.29, 0.717) is 27.5 Å². The highest BCUT2D eigenvalue weighted by Gasteiger charge is 2.34. The van der Waals surface area contributed by atoms with E-state index in [2.05, 4.69) is 15.0 Å². The van der Waals surface area contributed by atoms with Gasteiger partial charge in [0.2, 0.25) is 0 Å². The topological polar surface area (TPSA) is 65.6 Å². The van der Waals surface area contributed by atoms with E-state index in [4.69, 9.17) is 0 Å². The van der Waals surface area contributed by atoms with Gasteiger partial charge in [0, 0.05) is 46.4 Å². The number of benzene rings is 3. The second-order valence-corrected chi connectivity index (χ2v) is 9.84. The lowest BCUT2D eigenvalue weighted by molar-refractivity contribution is -0.137. The van der Waals surface area contributed by atoms with Crippen LogP contribution < -0.4 is 5.56 Å². The Balaban J connectivity index is 1.48. The maximum atomic E-state index is 14.3. The van der Waals surface area contributed by atoms with E-state index in [1.165, 1.54) is 39.9 Å². The van der Waals surface area contributed by atoms with Crippen LogP contribution in [0.2, 0.25) is 0 Å². The molecule has 0 aliphatic rings. The van der Waals surface area contributed by atoms with Crippen LogP contribution >= 0.6 is 0 Å². The van der Waals surface area contributed by atoms with Crippen molar-refractivity contribution in [2.45, 2.75) is 13.1 Å². The second kappa shape index (κ2) is 9.12. The zero-order chi connectivity index (χ0) is 28.3. The summed E-state index contributed by atoms with van der Waals surface area (Å²) in [5.41, 5.74) is 2.93. The van der Waals surface area contributed by atoms with Crippen molar-refractivity contribution in [1.29, 1.82) is 0 Å². The van der Waals surface area contributed by atoms with E-state index < -0.39 is 17.3 Å². The summed E-state index contributed by atoms with van der Waals surface area (Å²) in [5, 5.41) is 2.23. The smallest absolute Gasteiger partial charge is 0.305 e. The normalized spacial score (nSPS) is 12.0. The summed E-state index contributed by atoms with van der Waals surface area (Å²) in [5.74, 6) is 0. The number of aromatic nitrogens is 5. The second-order valence-electron chi connectivity index (χ2n) is 9.84. The van der Waals surface area contributed by atoms with E-state index in [9.17, 15) is 18.0 Å². The summed E-state index contributed by atoms with van der Waals surface area (Å²) < 4.78 is 45.6. The van der Waals surface area contributed by atoms with Crippen LogP contribution in [0.5, 0.6) is 0 Å². The Kier molecular flexibility index (Phi) is 5.50. The number of pyridine rings is 3. The highest BCUT2D eigenvalue weighted by Crippen LogP contribution is 2.36. The molecule has 0 aliphatic carbocycles. The Morgan fingerprint density at radius 2 is 1.59 bits per heavy atom. The fourth-order valence-electron chi connectivity index (χ4n) is 5.24. The molecule has 4 aromatic heterocycles. The van der Waals surface area contributed by atoms with Crippen molar-refractivity contribution in [2.75, 3.05) is 0 Å². The summed E-state index contributed by atoms with van der Waals surface area (Å²) in [6.07, 6.45) is 1.60. The van der Waals surface area contributed by atoms with E-state index >= 15 is 0 Å². The van der Waals surface area contributed by atoms with Gasteiger partial charge in [-0.05, 0) is 61.0 Å². The summed E-state index contributed by atoms with van der Waals surface area (Å²) in [7, 11) is 0. The third-order valence-electron chi connectivity index (χ3n) is 7.17. The van der Waals surface area contributed by atoms with Crippen LogP contribution in [0.4, 0.5) is 13.2 Å². The number of nitrogens with zero attached hydrogens (tertiary/aromatic N) is 5. The molecule has 4 heterocycles. The van der Waals surface area contributed by atoms with Crippen molar-refractivity contribution in [3.63, 3.8) is 0 Å². The zero-order valence-electron chi connectivity index (χ0n) is 21.6. The Morgan fingerprint density at radius 3 is 2.39 bits per heavy atom. The van der Waals surface area contributed by atoms with Gasteiger partial charge in [-0.1, -0.05) is 24.3 Å². The number of aryl methyl sites for hydroxylation is 1. The number of hydrogen-bond acceptors (Lipinski definition) is 4. The summed E-state index contributed by atoms with van der Waals surface area (Å²) in [4.78, 5) is 26.5. The molecule has 0 radical (unpaired) electrons. The standard InChI is InChI=1S/C32H20F3N5O/c1-19-17-39(18-38-19)29-10-8-24(14-26(29)32(33,34)35)40-30(41)11-7-22-15-37-28-9-6-20(13-25(28)31(22)40)23-12-21-4-2-3-5-27(21)36-16-23/h2-18H,1H3. The van der Waals surface area contributed by atoms with Gasteiger partial charge in [0.15, 0.2) is 0 Å². The minimum Gasteiger partial charge on any atom is -0.305 e. The Labute approximate surface area is 231 Å².